The van der Waals surface area contributed by atoms with Crippen LogP contribution in [0.3, 0.4) is 0 Å². The molecule has 0 aromatic carbocycles. The highest BCUT2D eigenvalue weighted by atomic mass is 16.6. The topological polar surface area (TPSA) is 246 Å². The number of aliphatic hydroxyl groups is 8. The molecular formula is C16H30N2O12. The number of amides is 2. The predicted molar refractivity (Wildman–Crippen MR) is 96.4 cm³/mol. The fourth-order valence-electron chi connectivity index (χ4n) is 2.47. The highest BCUT2D eigenvalue weighted by Gasteiger charge is 2.43. The van der Waals surface area contributed by atoms with Crippen LogP contribution in [0.4, 0.5) is 0 Å². The Hall–Kier alpha value is -1.75. The number of hydrogen-bond acceptors (Lipinski definition) is 12. The summed E-state index contributed by atoms with van der Waals surface area (Å²) >= 11 is 0. The molecule has 2 amide bonds. The van der Waals surface area contributed by atoms with Gasteiger partial charge in [-0.3, -0.25) is 9.59 Å². The van der Waals surface area contributed by atoms with Crippen molar-refractivity contribution in [3.63, 3.8) is 0 Å². The van der Waals surface area contributed by atoms with Crippen molar-refractivity contribution < 1.29 is 60.0 Å². The molecule has 0 aromatic rings. The summed E-state index contributed by atoms with van der Waals surface area (Å²) in [5, 5.41) is 77.5. The van der Waals surface area contributed by atoms with Crippen LogP contribution < -0.4 is 10.6 Å². The minimum atomic E-state index is -1.71. The van der Waals surface area contributed by atoms with Crippen molar-refractivity contribution in [2.75, 3.05) is 13.2 Å². The third kappa shape index (κ3) is 8.55. The Labute approximate surface area is 171 Å². The molecule has 0 aromatic heterocycles. The maximum Gasteiger partial charge on any atom is 0.217 e. The molecule has 10 N–H and O–H groups in total. The molecule has 1 heterocycles. The smallest absolute Gasteiger partial charge is 0.217 e. The Kier molecular flexibility index (Phi) is 12.7. The van der Waals surface area contributed by atoms with Crippen LogP contribution >= 0.6 is 0 Å². The summed E-state index contributed by atoms with van der Waals surface area (Å²) < 4.78 is 4.81. The molecule has 1 unspecified atom stereocenters. The average Bonchev–Trinajstić information content (AvgIpc) is 2.70. The van der Waals surface area contributed by atoms with Crippen molar-refractivity contribution >= 4 is 18.1 Å². The Balaban J connectivity index is 0.000000561. The molecule has 14 heteroatoms. The fourth-order valence-corrected chi connectivity index (χ4v) is 2.47. The van der Waals surface area contributed by atoms with Gasteiger partial charge in [0, 0.05) is 13.8 Å². The fraction of sp³-hybridized carbons (Fsp3) is 0.812. The van der Waals surface area contributed by atoms with Crippen LogP contribution in [0.25, 0.3) is 0 Å². The van der Waals surface area contributed by atoms with E-state index in [0.29, 0.717) is 0 Å². The molecule has 1 aliphatic heterocycles. The molecule has 1 fully saturated rings. The second kappa shape index (κ2) is 13.5. The van der Waals surface area contributed by atoms with E-state index in [0.717, 1.165) is 6.92 Å². The van der Waals surface area contributed by atoms with Crippen molar-refractivity contribution in [2.24, 2.45) is 0 Å². The molecule has 1 saturated heterocycles. The Bertz CT molecular complexity index is 550. The van der Waals surface area contributed by atoms with Gasteiger partial charge in [-0.25, -0.2) is 0 Å². The number of hydrogen-bond donors (Lipinski definition) is 10. The van der Waals surface area contributed by atoms with Gasteiger partial charge in [-0.1, -0.05) is 0 Å². The van der Waals surface area contributed by atoms with Crippen LogP contribution in [0.15, 0.2) is 0 Å². The lowest BCUT2D eigenvalue weighted by Gasteiger charge is -2.40. The second-order valence-corrected chi connectivity index (χ2v) is 6.55. The quantitative estimate of drug-likeness (QED) is 0.158. The van der Waals surface area contributed by atoms with E-state index in [1.54, 1.807) is 0 Å². The van der Waals surface area contributed by atoms with E-state index in [4.69, 9.17) is 20.1 Å². The summed E-state index contributed by atoms with van der Waals surface area (Å²) in [5.41, 5.74) is 0. The molecule has 1 aliphatic rings. The maximum absolute atomic E-state index is 10.7. The number of ether oxygens (including phenoxy) is 1. The third-order valence-electron chi connectivity index (χ3n) is 4.09. The van der Waals surface area contributed by atoms with E-state index in [9.17, 15) is 39.9 Å². The van der Waals surface area contributed by atoms with Crippen LogP contribution in [0.5, 0.6) is 0 Å². The van der Waals surface area contributed by atoms with Gasteiger partial charge in [0.05, 0.1) is 13.2 Å². The second-order valence-electron chi connectivity index (χ2n) is 6.55. The van der Waals surface area contributed by atoms with Crippen LogP contribution in [0.2, 0.25) is 0 Å². The first-order valence-electron chi connectivity index (χ1n) is 8.86. The first-order valence-corrected chi connectivity index (χ1v) is 8.86. The Morgan fingerprint density at radius 1 is 1.00 bits per heavy atom. The molecule has 0 spiro atoms. The van der Waals surface area contributed by atoms with Gasteiger partial charge in [-0.15, -0.1) is 0 Å². The number of nitrogens with one attached hydrogen (secondary N) is 2. The molecule has 0 radical (unpaired) electrons. The van der Waals surface area contributed by atoms with E-state index in [2.05, 4.69) is 10.6 Å². The Morgan fingerprint density at radius 3 is 1.97 bits per heavy atom. The van der Waals surface area contributed by atoms with Gasteiger partial charge in [0.15, 0.2) is 6.29 Å². The first-order chi connectivity index (χ1) is 13.9. The third-order valence-corrected chi connectivity index (χ3v) is 4.09. The van der Waals surface area contributed by atoms with E-state index in [-0.39, 0.29) is 6.29 Å². The van der Waals surface area contributed by atoms with Crippen molar-refractivity contribution in [2.45, 2.75) is 68.8 Å². The highest BCUT2D eigenvalue weighted by Crippen LogP contribution is 2.19. The van der Waals surface area contributed by atoms with E-state index >= 15 is 0 Å². The summed E-state index contributed by atoms with van der Waals surface area (Å²) in [4.78, 5) is 31.8. The van der Waals surface area contributed by atoms with E-state index in [1.807, 2.05) is 0 Å². The summed E-state index contributed by atoms with van der Waals surface area (Å²) in [6.45, 7) is 1.06. The van der Waals surface area contributed by atoms with Crippen molar-refractivity contribution in [3.05, 3.63) is 0 Å². The number of aldehydes is 1. The summed E-state index contributed by atoms with van der Waals surface area (Å²) in [6, 6.07) is -2.42. The predicted octanol–water partition coefficient (Wildman–Crippen LogP) is -6.31. The molecule has 30 heavy (non-hydrogen) atoms. The molecule has 0 bridgehead atoms. The molecule has 0 saturated carbocycles. The minimum Gasteiger partial charge on any atom is -0.394 e. The molecule has 176 valence electrons. The lowest BCUT2D eigenvalue weighted by atomic mass is 9.97. The lowest BCUT2D eigenvalue weighted by Crippen LogP contribution is -2.63. The van der Waals surface area contributed by atoms with Gasteiger partial charge in [-0.05, 0) is 0 Å². The van der Waals surface area contributed by atoms with Crippen molar-refractivity contribution in [1.29, 1.82) is 0 Å². The van der Waals surface area contributed by atoms with Gasteiger partial charge in [-0.2, -0.15) is 0 Å². The first kappa shape index (κ1) is 28.2. The van der Waals surface area contributed by atoms with Gasteiger partial charge < -0.3 is 61.0 Å². The summed E-state index contributed by atoms with van der Waals surface area (Å²) in [7, 11) is 0. The van der Waals surface area contributed by atoms with E-state index in [1.165, 1.54) is 6.92 Å². The largest absolute Gasteiger partial charge is 0.394 e. The summed E-state index contributed by atoms with van der Waals surface area (Å²) in [5.74, 6) is -1.02. The van der Waals surface area contributed by atoms with Gasteiger partial charge in [0.25, 0.3) is 0 Å². The normalized spacial score (nSPS) is 30.0. The molecule has 9 atom stereocenters. The lowest BCUT2D eigenvalue weighted by molar-refractivity contribution is -0.253. The number of carbonyl (C=O) groups is 3. The zero-order chi connectivity index (χ0) is 23.6. The number of carbonyl (C=O) groups excluding carboxylic acids is 3. The number of aliphatic hydroxyl groups excluding tert-OH is 8. The molecule has 1 rings (SSSR count). The Morgan fingerprint density at radius 2 is 1.57 bits per heavy atom. The van der Waals surface area contributed by atoms with Crippen LogP contribution in [-0.2, 0) is 19.1 Å². The maximum atomic E-state index is 10.7. The molecule has 0 aliphatic carbocycles. The van der Waals surface area contributed by atoms with Crippen LogP contribution in [0, 0.1) is 0 Å². The average molecular weight is 442 g/mol. The van der Waals surface area contributed by atoms with Crippen molar-refractivity contribution in [3.8, 4) is 0 Å². The highest BCUT2D eigenvalue weighted by molar-refractivity contribution is 5.77. The minimum absolute atomic E-state index is 0.235. The zero-order valence-corrected chi connectivity index (χ0v) is 16.4. The monoisotopic (exact) mass is 442 g/mol. The van der Waals surface area contributed by atoms with Gasteiger partial charge in [0.1, 0.15) is 55.0 Å². The number of rotatable bonds is 8. The zero-order valence-electron chi connectivity index (χ0n) is 16.4. The molecule has 14 nitrogen and oxygen atoms in total. The SMILES string of the molecule is CC(=O)N[C@@H](C=O)[C@@H](O)[C@@H](O)[C@H](O)CO.CC(=O)N[C@H]1C(O)O[C@H](CO)[C@H](O)[C@@H]1O. The van der Waals surface area contributed by atoms with Crippen LogP contribution in [0.1, 0.15) is 13.8 Å². The van der Waals surface area contributed by atoms with Gasteiger partial charge in [0.2, 0.25) is 11.8 Å². The van der Waals surface area contributed by atoms with Crippen molar-refractivity contribution in [1.82, 2.24) is 10.6 Å². The standard InChI is InChI=1S/2C8H15NO6/c1-3(11)9-5-7(13)6(12)4(2-10)15-8(5)14;1-4(12)9-5(2-10)7(14)8(15)6(13)3-11/h4-8,10,12-14H,2H2,1H3,(H,9,11);2,5-8,11,13-15H,3H2,1H3,(H,9,12)/t4-,5-,6+,7-,8?;5-,6+,7+,8-/m10/s1. The van der Waals surface area contributed by atoms with Crippen LogP contribution in [-0.4, -0.2) is 127 Å². The summed E-state index contributed by atoms with van der Waals surface area (Å²) in [6.07, 6.45) is -9.96. The molecular weight excluding hydrogens is 412 g/mol. The van der Waals surface area contributed by atoms with E-state index < -0.39 is 80.0 Å². The van der Waals surface area contributed by atoms with Gasteiger partial charge >= 0.3 is 0 Å².